The molecule has 0 aliphatic heterocycles. The standard InChI is InChI=1S/C16H23N3/c1-4-13-7-5-6-8-15(13)19-11-18-10-16(19)14(17)9-12(2)3/h5-8,10-12,14H,4,9,17H2,1-3H3. The number of benzene rings is 1. The molecular formula is C16H23N3. The molecule has 0 aliphatic carbocycles. The monoisotopic (exact) mass is 257 g/mol. The zero-order chi connectivity index (χ0) is 13.8. The van der Waals surface area contributed by atoms with Gasteiger partial charge in [-0.15, -0.1) is 0 Å². The van der Waals surface area contributed by atoms with Gasteiger partial charge in [0, 0.05) is 6.04 Å². The van der Waals surface area contributed by atoms with Crippen molar-refractivity contribution in [2.24, 2.45) is 11.7 Å². The Labute approximate surface area is 115 Å². The Morgan fingerprint density at radius 2 is 2.00 bits per heavy atom. The summed E-state index contributed by atoms with van der Waals surface area (Å²) in [7, 11) is 0. The van der Waals surface area contributed by atoms with Crippen LogP contribution < -0.4 is 5.73 Å². The minimum atomic E-state index is 0.0346. The smallest absolute Gasteiger partial charge is 0.0994 e. The maximum atomic E-state index is 6.31. The van der Waals surface area contributed by atoms with Crippen LogP contribution in [0.2, 0.25) is 0 Å². The first-order chi connectivity index (χ1) is 9.13. The molecule has 1 unspecified atom stereocenters. The Kier molecular flexibility index (Phi) is 4.38. The summed E-state index contributed by atoms with van der Waals surface area (Å²) in [6.07, 6.45) is 5.73. The highest BCUT2D eigenvalue weighted by Gasteiger charge is 2.15. The number of aryl methyl sites for hydroxylation is 1. The van der Waals surface area contributed by atoms with Gasteiger partial charge in [-0.25, -0.2) is 4.98 Å². The van der Waals surface area contributed by atoms with Crippen LogP contribution in [0.5, 0.6) is 0 Å². The van der Waals surface area contributed by atoms with Crippen LogP contribution in [-0.2, 0) is 6.42 Å². The summed E-state index contributed by atoms with van der Waals surface area (Å²) < 4.78 is 2.13. The molecule has 0 aliphatic rings. The summed E-state index contributed by atoms with van der Waals surface area (Å²) in [6, 6.07) is 8.46. The molecule has 2 N–H and O–H groups in total. The number of nitrogens with zero attached hydrogens (tertiary/aromatic N) is 2. The van der Waals surface area contributed by atoms with Gasteiger partial charge >= 0.3 is 0 Å². The van der Waals surface area contributed by atoms with Gasteiger partial charge in [-0.1, -0.05) is 39.0 Å². The first-order valence-corrected chi connectivity index (χ1v) is 6.99. The second kappa shape index (κ2) is 6.02. The molecule has 0 saturated carbocycles. The lowest BCUT2D eigenvalue weighted by Gasteiger charge is -2.18. The van der Waals surface area contributed by atoms with E-state index in [4.69, 9.17) is 5.73 Å². The topological polar surface area (TPSA) is 43.8 Å². The van der Waals surface area contributed by atoms with Gasteiger partial charge in [-0.05, 0) is 30.4 Å². The van der Waals surface area contributed by atoms with E-state index in [0.717, 1.165) is 18.5 Å². The summed E-state index contributed by atoms with van der Waals surface area (Å²) in [6.45, 7) is 6.56. The normalized spacial score (nSPS) is 12.9. The molecule has 1 aromatic carbocycles. The molecule has 0 saturated heterocycles. The Bertz CT molecular complexity index is 528. The summed E-state index contributed by atoms with van der Waals surface area (Å²) in [5.74, 6) is 0.583. The SMILES string of the molecule is CCc1ccccc1-n1cncc1C(N)CC(C)C. The molecule has 0 radical (unpaired) electrons. The highest BCUT2D eigenvalue weighted by atomic mass is 15.1. The Morgan fingerprint density at radius 3 is 2.68 bits per heavy atom. The molecule has 2 aromatic rings. The zero-order valence-corrected chi connectivity index (χ0v) is 12.0. The summed E-state index contributed by atoms with van der Waals surface area (Å²) in [5.41, 5.74) is 9.91. The minimum Gasteiger partial charge on any atom is -0.323 e. The van der Waals surface area contributed by atoms with Crippen molar-refractivity contribution in [2.75, 3.05) is 0 Å². The van der Waals surface area contributed by atoms with Gasteiger partial charge in [-0.2, -0.15) is 0 Å². The third-order valence-corrected chi connectivity index (χ3v) is 3.40. The van der Waals surface area contributed by atoms with Crippen molar-refractivity contribution in [3.63, 3.8) is 0 Å². The van der Waals surface area contributed by atoms with E-state index in [2.05, 4.69) is 54.6 Å². The number of rotatable bonds is 5. The molecule has 1 heterocycles. The van der Waals surface area contributed by atoms with Gasteiger partial charge in [0.25, 0.3) is 0 Å². The molecule has 0 bridgehead atoms. The molecule has 2 rings (SSSR count). The molecule has 19 heavy (non-hydrogen) atoms. The van der Waals surface area contributed by atoms with Crippen LogP contribution in [-0.4, -0.2) is 9.55 Å². The predicted molar refractivity (Wildman–Crippen MR) is 79.3 cm³/mol. The minimum absolute atomic E-state index is 0.0346. The van der Waals surface area contributed by atoms with Crippen LogP contribution in [0.1, 0.15) is 44.5 Å². The van der Waals surface area contributed by atoms with Crippen LogP contribution in [0, 0.1) is 5.92 Å². The van der Waals surface area contributed by atoms with E-state index < -0.39 is 0 Å². The molecule has 3 nitrogen and oxygen atoms in total. The maximum absolute atomic E-state index is 6.31. The van der Waals surface area contributed by atoms with Crippen LogP contribution >= 0.6 is 0 Å². The predicted octanol–water partition coefficient (Wildman–Crippen LogP) is 3.48. The molecule has 0 amide bonds. The van der Waals surface area contributed by atoms with Gasteiger partial charge in [0.2, 0.25) is 0 Å². The van der Waals surface area contributed by atoms with Crippen LogP contribution in [0.15, 0.2) is 36.8 Å². The van der Waals surface area contributed by atoms with Crippen LogP contribution in [0.25, 0.3) is 5.69 Å². The summed E-state index contributed by atoms with van der Waals surface area (Å²) >= 11 is 0. The molecule has 0 spiro atoms. The third-order valence-electron chi connectivity index (χ3n) is 3.40. The average Bonchev–Trinajstić information content (AvgIpc) is 2.87. The van der Waals surface area contributed by atoms with Crippen molar-refractivity contribution in [1.29, 1.82) is 0 Å². The van der Waals surface area contributed by atoms with Gasteiger partial charge in [0.1, 0.15) is 0 Å². The van der Waals surface area contributed by atoms with Gasteiger partial charge in [-0.3, -0.25) is 0 Å². The van der Waals surface area contributed by atoms with Crippen molar-refractivity contribution in [1.82, 2.24) is 9.55 Å². The van der Waals surface area contributed by atoms with Crippen LogP contribution in [0.4, 0.5) is 0 Å². The molecule has 3 heteroatoms. The number of imidazole rings is 1. The van der Waals surface area contributed by atoms with Crippen molar-refractivity contribution < 1.29 is 0 Å². The summed E-state index contributed by atoms with van der Waals surface area (Å²) in [5, 5.41) is 0. The molecule has 102 valence electrons. The Balaban J connectivity index is 2.38. The summed E-state index contributed by atoms with van der Waals surface area (Å²) in [4.78, 5) is 4.29. The highest BCUT2D eigenvalue weighted by Crippen LogP contribution is 2.23. The molecule has 1 atom stereocenters. The Hall–Kier alpha value is -1.61. The number of para-hydroxylation sites is 1. The van der Waals surface area contributed by atoms with E-state index in [0.29, 0.717) is 5.92 Å². The second-order valence-corrected chi connectivity index (χ2v) is 5.41. The zero-order valence-electron chi connectivity index (χ0n) is 12.0. The quantitative estimate of drug-likeness (QED) is 0.891. The Morgan fingerprint density at radius 1 is 1.26 bits per heavy atom. The lowest BCUT2D eigenvalue weighted by atomic mass is 10.0. The van der Waals surface area contributed by atoms with Gasteiger partial charge < -0.3 is 10.3 Å². The second-order valence-electron chi connectivity index (χ2n) is 5.41. The van der Waals surface area contributed by atoms with Crippen molar-refractivity contribution >= 4 is 0 Å². The first-order valence-electron chi connectivity index (χ1n) is 6.99. The molecular weight excluding hydrogens is 234 g/mol. The lowest BCUT2D eigenvalue weighted by molar-refractivity contribution is 0.497. The number of nitrogens with two attached hydrogens (primary N) is 1. The van der Waals surface area contributed by atoms with E-state index in [1.165, 1.54) is 11.3 Å². The fraction of sp³-hybridized carbons (Fsp3) is 0.438. The maximum Gasteiger partial charge on any atom is 0.0994 e. The van der Waals surface area contributed by atoms with Crippen LogP contribution in [0.3, 0.4) is 0 Å². The number of hydrogen-bond acceptors (Lipinski definition) is 2. The average molecular weight is 257 g/mol. The largest absolute Gasteiger partial charge is 0.323 e. The van der Waals surface area contributed by atoms with Crippen molar-refractivity contribution in [2.45, 2.75) is 39.7 Å². The van der Waals surface area contributed by atoms with Crippen molar-refractivity contribution in [3.8, 4) is 5.69 Å². The third kappa shape index (κ3) is 3.04. The molecule has 0 fully saturated rings. The first kappa shape index (κ1) is 13.8. The highest BCUT2D eigenvalue weighted by molar-refractivity contribution is 5.42. The van der Waals surface area contributed by atoms with Crippen molar-refractivity contribution in [3.05, 3.63) is 48.0 Å². The number of hydrogen-bond donors (Lipinski definition) is 1. The lowest BCUT2D eigenvalue weighted by Crippen LogP contribution is -2.17. The van der Waals surface area contributed by atoms with Gasteiger partial charge in [0.05, 0.1) is 23.9 Å². The number of aromatic nitrogens is 2. The fourth-order valence-electron chi connectivity index (χ4n) is 2.45. The van der Waals surface area contributed by atoms with E-state index >= 15 is 0 Å². The molecule has 1 aromatic heterocycles. The van der Waals surface area contributed by atoms with E-state index in [9.17, 15) is 0 Å². The van der Waals surface area contributed by atoms with E-state index in [1.807, 2.05) is 12.5 Å². The fourth-order valence-corrected chi connectivity index (χ4v) is 2.45. The van der Waals surface area contributed by atoms with E-state index in [-0.39, 0.29) is 6.04 Å². The van der Waals surface area contributed by atoms with E-state index in [1.54, 1.807) is 0 Å². The van der Waals surface area contributed by atoms with Gasteiger partial charge in [0.15, 0.2) is 0 Å².